The van der Waals surface area contributed by atoms with Crippen LogP contribution < -0.4 is 11.5 Å². The number of para-hydroxylation sites is 1. The number of likely N-dealkylation sites (tertiary alicyclic amines) is 1. The molecule has 0 spiro atoms. The van der Waals surface area contributed by atoms with Crippen molar-refractivity contribution in [3.63, 3.8) is 0 Å². The molecule has 7 nitrogen and oxygen atoms in total. The van der Waals surface area contributed by atoms with E-state index in [9.17, 15) is 9.59 Å². The number of amides is 2. The molecule has 1 saturated heterocycles. The number of rotatable bonds is 4. The summed E-state index contributed by atoms with van der Waals surface area (Å²) in [5, 5.41) is 4.30. The molecule has 4 N–H and O–H groups in total. The first kappa shape index (κ1) is 15.2. The molecule has 0 radical (unpaired) electrons. The van der Waals surface area contributed by atoms with E-state index in [0.29, 0.717) is 18.8 Å². The molecule has 23 heavy (non-hydrogen) atoms. The predicted octanol–water partition coefficient (Wildman–Crippen LogP) is 0.534. The monoisotopic (exact) mass is 313 g/mol. The molecule has 120 valence electrons. The first-order chi connectivity index (χ1) is 11.1. The summed E-state index contributed by atoms with van der Waals surface area (Å²) in [6, 6.07) is 10.6. The number of benzene rings is 1. The molecule has 1 atom stereocenters. The van der Waals surface area contributed by atoms with Gasteiger partial charge in [-0.3, -0.25) is 9.59 Å². The molecule has 1 aliphatic heterocycles. The van der Waals surface area contributed by atoms with Gasteiger partial charge in [0.05, 0.1) is 5.69 Å². The van der Waals surface area contributed by atoms with Gasteiger partial charge < -0.3 is 16.4 Å². The Kier molecular flexibility index (Phi) is 4.12. The molecule has 0 bridgehead atoms. The van der Waals surface area contributed by atoms with Crippen LogP contribution in [-0.2, 0) is 0 Å². The zero-order chi connectivity index (χ0) is 16.4. The Hall–Kier alpha value is -2.67. The zero-order valence-corrected chi connectivity index (χ0v) is 12.7. The van der Waals surface area contributed by atoms with Gasteiger partial charge in [-0.2, -0.15) is 5.10 Å². The zero-order valence-electron chi connectivity index (χ0n) is 12.7. The topological polar surface area (TPSA) is 107 Å². The molecule has 0 saturated carbocycles. The van der Waals surface area contributed by atoms with Crippen LogP contribution in [0.5, 0.6) is 0 Å². The highest BCUT2D eigenvalue weighted by Crippen LogP contribution is 2.20. The minimum absolute atomic E-state index is 0.0291. The molecular weight excluding hydrogens is 294 g/mol. The summed E-state index contributed by atoms with van der Waals surface area (Å²) in [5.74, 6) is -0.840. The normalized spacial score (nSPS) is 17.4. The van der Waals surface area contributed by atoms with Crippen molar-refractivity contribution in [2.45, 2.75) is 18.9 Å². The quantitative estimate of drug-likeness (QED) is 0.858. The van der Waals surface area contributed by atoms with Crippen LogP contribution in [-0.4, -0.2) is 45.6 Å². The van der Waals surface area contributed by atoms with Gasteiger partial charge in [0.25, 0.3) is 11.8 Å². The van der Waals surface area contributed by atoms with E-state index in [-0.39, 0.29) is 23.3 Å². The van der Waals surface area contributed by atoms with Crippen molar-refractivity contribution in [2.24, 2.45) is 11.5 Å². The van der Waals surface area contributed by atoms with Crippen LogP contribution in [0.1, 0.15) is 33.8 Å². The molecule has 1 aromatic heterocycles. The lowest BCUT2D eigenvalue weighted by atomic mass is 10.2. The van der Waals surface area contributed by atoms with E-state index in [1.165, 1.54) is 10.7 Å². The van der Waals surface area contributed by atoms with E-state index >= 15 is 0 Å². The molecule has 2 aromatic rings. The lowest BCUT2D eigenvalue weighted by molar-refractivity contribution is 0.0734. The van der Waals surface area contributed by atoms with Gasteiger partial charge in [-0.05, 0) is 25.0 Å². The van der Waals surface area contributed by atoms with Crippen molar-refractivity contribution in [1.29, 1.82) is 0 Å². The van der Waals surface area contributed by atoms with Crippen LogP contribution in [0.3, 0.4) is 0 Å². The lowest BCUT2D eigenvalue weighted by Gasteiger charge is -2.22. The van der Waals surface area contributed by atoms with Gasteiger partial charge >= 0.3 is 0 Å². The molecule has 2 amide bonds. The van der Waals surface area contributed by atoms with E-state index in [2.05, 4.69) is 5.10 Å². The fraction of sp³-hybridized carbons (Fsp3) is 0.312. The largest absolute Gasteiger partial charge is 0.364 e. The van der Waals surface area contributed by atoms with E-state index in [1.54, 1.807) is 17.0 Å². The Morgan fingerprint density at radius 2 is 2.00 bits per heavy atom. The van der Waals surface area contributed by atoms with Crippen LogP contribution in [0.4, 0.5) is 0 Å². The number of primary amides is 1. The number of hydrogen-bond acceptors (Lipinski definition) is 4. The Morgan fingerprint density at radius 1 is 1.26 bits per heavy atom. The smallest absolute Gasteiger partial charge is 0.274 e. The Morgan fingerprint density at radius 3 is 2.65 bits per heavy atom. The molecule has 1 fully saturated rings. The number of nitrogens with two attached hydrogens (primary N) is 2. The van der Waals surface area contributed by atoms with Crippen molar-refractivity contribution in [3.8, 4) is 5.69 Å². The fourth-order valence-electron chi connectivity index (χ4n) is 2.92. The van der Waals surface area contributed by atoms with Crippen molar-refractivity contribution in [2.75, 3.05) is 13.1 Å². The average Bonchev–Trinajstić information content (AvgIpc) is 3.22. The van der Waals surface area contributed by atoms with Crippen LogP contribution in [0.2, 0.25) is 0 Å². The third-order valence-corrected chi connectivity index (χ3v) is 4.09. The molecule has 1 unspecified atom stereocenters. The van der Waals surface area contributed by atoms with E-state index in [4.69, 9.17) is 11.5 Å². The first-order valence-electron chi connectivity index (χ1n) is 7.58. The van der Waals surface area contributed by atoms with Crippen molar-refractivity contribution >= 4 is 11.8 Å². The third-order valence-electron chi connectivity index (χ3n) is 4.09. The standard InChI is InChI=1S/C16H19N5O2/c17-10-12-7-4-8-20(12)16(23)13-9-14(15(18)22)21(19-13)11-5-2-1-3-6-11/h1-3,5-6,9,12H,4,7-8,10,17H2,(H2,18,22). The highest BCUT2D eigenvalue weighted by atomic mass is 16.2. The molecule has 2 heterocycles. The third kappa shape index (κ3) is 2.83. The van der Waals surface area contributed by atoms with Crippen molar-refractivity contribution in [1.82, 2.24) is 14.7 Å². The van der Waals surface area contributed by atoms with Crippen LogP contribution in [0.25, 0.3) is 5.69 Å². The van der Waals surface area contributed by atoms with E-state index in [0.717, 1.165) is 12.8 Å². The van der Waals surface area contributed by atoms with Crippen molar-refractivity contribution < 1.29 is 9.59 Å². The molecule has 1 aromatic carbocycles. The Balaban J connectivity index is 1.98. The fourth-order valence-corrected chi connectivity index (χ4v) is 2.92. The SMILES string of the molecule is NCC1CCCN1C(=O)c1cc(C(N)=O)n(-c2ccccc2)n1. The summed E-state index contributed by atoms with van der Waals surface area (Å²) >= 11 is 0. The molecule has 3 rings (SSSR count). The van der Waals surface area contributed by atoms with Crippen LogP contribution in [0.15, 0.2) is 36.4 Å². The number of aromatic nitrogens is 2. The minimum atomic E-state index is -0.628. The summed E-state index contributed by atoms with van der Waals surface area (Å²) in [6.45, 7) is 1.08. The van der Waals surface area contributed by atoms with Gasteiger partial charge in [0.15, 0.2) is 5.69 Å². The van der Waals surface area contributed by atoms with Crippen LogP contribution in [0, 0.1) is 0 Å². The summed E-state index contributed by atoms with van der Waals surface area (Å²) in [7, 11) is 0. The second-order valence-corrected chi connectivity index (χ2v) is 5.56. The molecule has 1 aliphatic rings. The maximum absolute atomic E-state index is 12.7. The number of hydrogen-bond donors (Lipinski definition) is 2. The Labute approximate surface area is 133 Å². The highest BCUT2D eigenvalue weighted by Gasteiger charge is 2.30. The summed E-state index contributed by atoms with van der Waals surface area (Å²) in [6.07, 6.45) is 1.82. The second kappa shape index (κ2) is 6.21. The van der Waals surface area contributed by atoms with Gasteiger partial charge in [-0.1, -0.05) is 18.2 Å². The van der Waals surface area contributed by atoms with E-state index in [1.807, 2.05) is 18.2 Å². The lowest BCUT2D eigenvalue weighted by Crippen LogP contribution is -2.40. The van der Waals surface area contributed by atoms with Gasteiger partial charge in [0.2, 0.25) is 0 Å². The summed E-state index contributed by atoms with van der Waals surface area (Å²) in [4.78, 5) is 26.1. The summed E-state index contributed by atoms with van der Waals surface area (Å²) < 4.78 is 1.41. The van der Waals surface area contributed by atoms with E-state index < -0.39 is 5.91 Å². The second-order valence-electron chi connectivity index (χ2n) is 5.56. The van der Waals surface area contributed by atoms with Crippen LogP contribution >= 0.6 is 0 Å². The highest BCUT2D eigenvalue weighted by molar-refractivity contribution is 5.97. The minimum Gasteiger partial charge on any atom is -0.364 e. The average molecular weight is 313 g/mol. The number of carbonyl (C=O) groups is 2. The van der Waals surface area contributed by atoms with Gasteiger partial charge in [0.1, 0.15) is 5.69 Å². The maximum atomic E-state index is 12.7. The van der Waals surface area contributed by atoms with Gasteiger partial charge in [-0.25, -0.2) is 4.68 Å². The maximum Gasteiger partial charge on any atom is 0.274 e. The number of carbonyl (C=O) groups excluding carboxylic acids is 2. The van der Waals surface area contributed by atoms with Gasteiger partial charge in [0, 0.05) is 25.2 Å². The Bertz CT molecular complexity index is 725. The van der Waals surface area contributed by atoms with Gasteiger partial charge in [-0.15, -0.1) is 0 Å². The number of nitrogens with zero attached hydrogens (tertiary/aromatic N) is 3. The van der Waals surface area contributed by atoms with Crippen molar-refractivity contribution in [3.05, 3.63) is 47.8 Å². The predicted molar refractivity (Wildman–Crippen MR) is 85.2 cm³/mol. The molecular formula is C16H19N5O2. The first-order valence-corrected chi connectivity index (χ1v) is 7.58. The summed E-state index contributed by atoms with van der Waals surface area (Å²) in [5.41, 5.74) is 12.2. The molecule has 7 heteroatoms. The molecule has 0 aliphatic carbocycles.